The van der Waals surface area contributed by atoms with Crippen LogP contribution in [-0.4, -0.2) is 36.8 Å². The summed E-state index contributed by atoms with van der Waals surface area (Å²) in [6.07, 6.45) is 1.70. The molecule has 4 N–H and O–H groups in total. The van der Waals surface area contributed by atoms with Crippen molar-refractivity contribution in [2.45, 2.75) is 25.8 Å². The molecule has 0 aromatic carbocycles. The Morgan fingerprint density at radius 2 is 2.57 bits per heavy atom. The Morgan fingerprint density at radius 1 is 1.79 bits per heavy atom. The summed E-state index contributed by atoms with van der Waals surface area (Å²) in [7, 11) is 0. The van der Waals surface area contributed by atoms with Crippen LogP contribution in [0.15, 0.2) is 5.16 Å². The summed E-state index contributed by atoms with van der Waals surface area (Å²) < 4.78 is 5.30. The normalized spacial score (nSPS) is 25.2. The van der Waals surface area contributed by atoms with E-state index in [0.29, 0.717) is 18.4 Å². The lowest BCUT2D eigenvalue weighted by Crippen LogP contribution is -2.35. The number of ether oxygens (including phenoxy) is 1. The van der Waals surface area contributed by atoms with Gasteiger partial charge in [-0.3, -0.25) is 0 Å². The Morgan fingerprint density at radius 3 is 3.14 bits per heavy atom. The highest BCUT2D eigenvalue weighted by Gasteiger charge is 2.21. The summed E-state index contributed by atoms with van der Waals surface area (Å²) in [5.74, 6) is 0.870. The zero-order chi connectivity index (χ0) is 10.4. The van der Waals surface area contributed by atoms with Crippen LogP contribution in [0.3, 0.4) is 0 Å². The lowest BCUT2D eigenvalue weighted by atomic mass is 10.0. The molecule has 0 aliphatic carbocycles. The minimum absolute atomic E-state index is 0.271. The van der Waals surface area contributed by atoms with E-state index in [4.69, 9.17) is 15.7 Å². The van der Waals surface area contributed by atoms with E-state index >= 15 is 0 Å². The second kappa shape index (κ2) is 5.82. The van der Waals surface area contributed by atoms with Crippen LogP contribution in [0, 0.1) is 5.92 Å². The Bertz CT molecular complexity index is 190. The first-order chi connectivity index (χ1) is 6.74. The van der Waals surface area contributed by atoms with Crippen molar-refractivity contribution in [3.05, 3.63) is 0 Å². The maximum Gasteiger partial charge on any atom is 0.140 e. The van der Waals surface area contributed by atoms with Crippen molar-refractivity contribution in [2.24, 2.45) is 16.8 Å². The summed E-state index contributed by atoms with van der Waals surface area (Å²) >= 11 is 0. The van der Waals surface area contributed by atoms with Gasteiger partial charge in [-0.25, -0.2) is 0 Å². The average molecular weight is 201 g/mol. The molecule has 1 fully saturated rings. The van der Waals surface area contributed by atoms with E-state index < -0.39 is 0 Å². The van der Waals surface area contributed by atoms with E-state index in [2.05, 4.69) is 17.4 Å². The predicted molar refractivity (Wildman–Crippen MR) is 54.4 cm³/mol. The average Bonchev–Trinajstić information content (AvgIpc) is 2.70. The minimum atomic E-state index is 0.271. The van der Waals surface area contributed by atoms with E-state index in [9.17, 15) is 0 Å². The van der Waals surface area contributed by atoms with Crippen LogP contribution >= 0.6 is 0 Å². The van der Waals surface area contributed by atoms with Gasteiger partial charge in [-0.2, -0.15) is 0 Å². The molecule has 1 saturated heterocycles. The van der Waals surface area contributed by atoms with Crippen LogP contribution in [-0.2, 0) is 4.74 Å². The highest BCUT2D eigenvalue weighted by molar-refractivity contribution is 5.79. The SMILES string of the molecule is CC(NCCC(N)=NO)C1CCOC1. The van der Waals surface area contributed by atoms with Crippen molar-refractivity contribution >= 4 is 5.84 Å². The lowest BCUT2D eigenvalue weighted by molar-refractivity contribution is 0.178. The van der Waals surface area contributed by atoms with Crippen molar-refractivity contribution in [2.75, 3.05) is 19.8 Å². The second-order valence-corrected chi connectivity index (χ2v) is 3.71. The molecule has 0 amide bonds. The van der Waals surface area contributed by atoms with E-state index in [0.717, 1.165) is 26.2 Å². The van der Waals surface area contributed by atoms with Crippen LogP contribution in [0.4, 0.5) is 0 Å². The fraction of sp³-hybridized carbons (Fsp3) is 0.889. The first kappa shape index (κ1) is 11.3. The molecule has 82 valence electrons. The summed E-state index contributed by atoms with van der Waals surface area (Å²) in [6.45, 7) is 4.61. The Balaban J connectivity index is 2.11. The lowest BCUT2D eigenvalue weighted by Gasteiger charge is -2.18. The van der Waals surface area contributed by atoms with Gasteiger partial charge in [0.05, 0.1) is 6.61 Å². The third-order valence-electron chi connectivity index (χ3n) is 2.65. The van der Waals surface area contributed by atoms with Gasteiger partial charge < -0.3 is 21.0 Å². The van der Waals surface area contributed by atoms with Gasteiger partial charge in [0.15, 0.2) is 0 Å². The number of nitrogens with zero attached hydrogens (tertiary/aromatic N) is 1. The van der Waals surface area contributed by atoms with Gasteiger partial charge in [0.2, 0.25) is 0 Å². The molecule has 0 saturated carbocycles. The van der Waals surface area contributed by atoms with Crippen molar-refractivity contribution in [3.63, 3.8) is 0 Å². The number of nitrogens with two attached hydrogens (primary N) is 1. The second-order valence-electron chi connectivity index (χ2n) is 3.71. The Hall–Kier alpha value is -0.810. The maximum absolute atomic E-state index is 8.33. The number of oxime groups is 1. The molecule has 5 heteroatoms. The van der Waals surface area contributed by atoms with Crippen LogP contribution in [0.1, 0.15) is 19.8 Å². The van der Waals surface area contributed by atoms with E-state index in [-0.39, 0.29) is 5.84 Å². The minimum Gasteiger partial charge on any atom is -0.409 e. The Kier molecular flexibility index (Phi) is 4.69. The van der Waals surface area contributed by atoms with Gasteiger partial charge in [-0.15, -0.1) is 0 Å². The molecule has 0 spiro atoms. The van der Waals surface area contributed by atoms with Gasteiger partial charge in [-0.05, 0) is 19.3 Å². The zero-order valence-electron chi connectivity index (χ0n) is 8.57. The quantitative estimate of drug-likeness (QED) is 0.256. The molecule has 0 radical (unpaired) electrons. The first-order valence-electron chi connectivity index (χ1n) is 5.01. The highest BCUT2D eigenvalue weighted by atomic mass is 16.5. The molecule has 0 bridgehead atoms. The van der Waals surface area contributed by atoms with E-state index in [1.807, 2.05) is 0 Å². The van der Waals surface area contributed by atoms with Gasteiger partial charge in [0.1, 0.15) is 5.84 Å². The van der Waals surface area contributed by atoms with Gasteiger partial charge in [0, 0.05) is 25.6 Å². The number of nitrogens with one attached hydrogen (secondary N) is 1. The molecule has 1 heterocycles. The largest absolute Gasteiger partial charge is 0.409 e. The monoisotopic (exact) mass is 201 g/mol. The topological polar surface area (TPSA) is 79.9 Å². The number of hydrogen-bond acceptors (Lipinski definition) is 4. The summed E-state index contributed by atoms with van der Waals surface area (Å²) in [4.78, 5) is 0. The number of rotatable bonds is 5. The molecule has 14 heavy (non-hydrogen) atoms. The number of hydrogen-bond donors (Lipinski definition) is 3. The first-order valence-corrected chi connectivity index (χ1v) is 5.01. The van der Waals surface area contributed by atoms with Gasteiger partial charge >= 0.3 is 0 Å². The molecular formula is C9H19N3O2. The molecule has 2 unspecified atom stereocenters. The molecule has 5 nitrogen and oxygen atoms in total. The van der Waals surface area contributed by atoms with Gasteiger partial charge in [-0.1, -0.05) is 5.16 Å². The van der Waals surface area contributed by atoms with Crippen LogP contribution in [0.5, 0.6) is 0 Å². The van der Waals surface area contributed by atoms with Crippen molar-refractivity contribution < 1.29 is 9.94 Å². The van der Waals surface area contributed by atoms with E-state index in [1.165, 1.54) is 0 Å². The smallest absolute Gasteiger partial charge is 0.140 e. The molecule has 1 rings (SSSR count). The van der Waals surface area contributed by atoms with Gasteiger partial charge in [0.25, 0.3) is 0 Å². The summed E-state index contributed by atoms with van der Waals surface area (Å²) in [5.41, 5.74) is 5.35. The van der Waals surface area contributed by atoms with E-state index in [1.54, 1.807) is 0 Å². The molecule has 0 aromatic rings. The fourth-order valence-corrected chi connectivity index (χ4v) is 1.59. The molecule has 0 aromatic heterocycles. The van der Waals surface area contributed by atoms with Crippen molar-refractivity contribution in [1.29, 1.82) is 0 Å². The Labute approximate surface area is 84.3 Å². The van der Waals surface area contributed by atoms with Crippen LogP contribution < -0.4 is 11.1 Å². The number of amidine groups is 1. The van der Waals surface area contributed by atoms with Crippen molar-refractivity contribution in [1.82, 2.24) is 5.32 Å². The van der Waals surface area contributed by atoms with Crippen molar-refractivity contribution in [3.8, 4) is 0 Å². The standard InChI is InChI=1S/C9H19N3O2/c1-7(8-3-5-14-6-8)11-4-2-9(10)12-13/h7-8,11,13H,2-6H2,1H3,(H2,10,12). The predicted octanol–water partition coefficient (Wildman–Crippen LogP) is 0.138. The summed E-state index contributed by atoms with van der Waals surface area (Å²) in [6, 6.07) is 0.434. The fourth-order valence-electron chi connectivity index (χ4n) is 1.59. The van der Waals surface area contributed by atoms with Crippen LogP contribution in [0.25, 0.3) is 0 Å². The molecule has 1 aliphatic heterocycles. The maximum atomic E-state index is 8.33. The van der Waals surface area contributed by atoms with Crippen LogP contribution in [0.2, 0.25) is 0 Å². The third-order valence-corrected chi connectivity index (χ3v) is 2.65. The summed E-state index contributed by atoms with van der Waals surface area (Å²) in [5, 5.41) is 14.6. The molecule has 1 aliphatic rings. The highest BCUT2D eigenvalue weighted by Crippen LogP contribution is 2.15. The third kappa shape index (κ3) is 3.51. The molecular weight excluding hydrogens is 182 g/mol. The molecule has 2 atom stereocenters. The zero-order valence-corrected chi connectivity index (χ0v) is 8.57.